The summed E-state index contributed by atoms with van der Waals surface area (Å²) in [5.74, 6) is 10.6. The Morgan fingerprint density at radius 2 is 1.81 bits per heavy atom. The summed E-state index contributed by atoms with van der Waals surface area (Å²) in [6.07, 6.45) is 6.47. The molecule has 2 amide bonds. The van der Waals surface area contributed by atoms with Crippen molar-refractivity contribution in [3.8, 4) is 11.2 Å². The molecule has 8 heteroatoms. The van der Waals surface area contributed by atoms with Crippen LogP contribution in [0.2, 0.25) is 0 Å². The largest absolute Gasteiger partial charge is 0.396 e. The van der Waals surface area contributed by atoms with Crippen LogP contribution >= 0.6 is 11.8 Å². The minimum Gasteiger partial charge on any atom is -0.396 e. The molecule has 0 aliphatic carbocycles. The van der Waals surface area contributed by atoms with Crippen molar-refractivity contribution in [3.05, 3.63) is 52.7 Å². The summed E-state index contributed by atoms with van der Waals surface area (Å²) in [5, 5.41) is 16.4. The van der Waals surface area contributed by atoms with E-state index in [1.807, 2.05) is 25.3 Å². The average molecular weight is 615 g/mol. The Hall–Kier alpha value is -2.73. The van der Waals surface area contributed by atoms with Gasteiger partial charge in [-0.3, -0.25) is 9.59 Å². The van der Waals surface area contributed by atoms with E-state index in [1.165, 1.54) is 26.6 Å². The summed E-state index contributed by atoms with van der Waals surface area (Å²) in [6.45, 7) is 21.5. The Morgan fingerprint density at radius 3 is 2.28 bits per heavy atom. The molecule has 1 aromatic rings. The molecule has 1 aliphatic heterocycles. The fourth-order valence-electron chi connectivity index (χ4n) is 4.06. The predicted molar refractivity (Wildman–Crippen MR) is 184 cm³/mol. The zero-order valence-corrected chi connectivity index (χ0v) is 29.0. The molecule has 2 rings (SSSR count). The van der Waals surface area contributed by atoms with E-state index in [0.29, 0.717) is 25.4 Å². The Labute approximate surface area is 266 Å². The lowest BCUT2D eigenvalue weighted by Crippen LogP contribution is -2.40. The number of nitrogens with zero attached hydrogens (tertiary/aromatic N) is 2. The number of carbonyl (C=O) groups excluding carboxylic acids is 2. The normalized spacial score (nSPS) is 14.1. The lowest BCUT2D eigenvalue weighted by molar-refractivity contribution is -0.131. The highest BCUT2D eigenvalue weighted by Gasteiger charge is 2.26. The number of hydrogen-bond acceptors (Lipinski definition) is 6. The van der Waals surface area contributed by atoms with Gasteiger partial charge in [-0.05, 0) is 66.7 Å². The first kappa shape index (κ1) is 40.3. The number of carbonyl (C=O) groups is 2. The molecule has 43 heavy (non-hydrogen) atoms. The molecule has 0 radical (unpaired) electrons. The number of hydrogen-bond donors (Lipinski definition) is 3. The van der Waals surface area contributed by atoms with Gasteiger partial charge in [0.1, 0.15) is 6.54 Å². The molecule has 0 aromatic heterocycles. The number of allylic oxidation sites excluding steroid dienone is 2. The molecule has 0 spiro atoms. The molecule has 1 aliphatic rings. The highest BCUT2D eigenvalue weighted by Crippen LogP contribution is 2.30. The van der Waals surface area contributed by atoms with E-state index in [9.17, 15) is 9.59 Å². The highest BCUT2D eigenvalue weighted by atomic mass is 32.2. The van der Waals surface area contributed by atoms with Crippen molar-refractivity contribution in [1.29, 1.82) is 0 Å². The summed E-state index contributed by atoms with van der Waals surface area (Å²) >= 11 is 1.58. The van der Waals surface area contributed by atoms with Crippen LogP contribution in [0.1, 0.15) is 99.1 Å². The summed E-state index contributed by atoms with van der Waals surface area (Å²) in [6, 6.07) is 8.21. The zero-order valence-electron chi connectivity index (χ0n) is 28.2. The molecule has 1 fully saturated rings. The molecule has 7 nitrogen and oxygen atoms in total. The molecule has 1 aromatic carbocycles. The van der Waals surface area contributed by atoms with Crippen molar-refractivity contribution >= 4 is 29.0 Å². The lowest BCUT2D eigenvalue weighted by Gasteiger charge is -2.22. The topological polar surface area (TPSA) is 98.9 Å². The molecule has 1 atom stereocenters. The lowest BCUT2D eigenvalue weighted by atomic mass is 10.00. The van der Waals surface area contributed by atoms with Crippen LogP contribution in [-0.4, -0.2) is 53.6 Å². The van der Waals surface area contributed by atoms with E-state index in [-0.39, 0.29) is 25.0 Å². The van der Waals surface area contributed by atoms with Crippen LogP contribution < -0.4 is 11.2 Å². The monoisotopic (exact) mass is 614 g/mol. The van der Waals surface area contributed by atoms with Gasteiger partial charge in [-0.15, -0.1) is 0 Å². The quantitative estimate of drug-likeness (QED) is 0.104. The van der Waals surface area contributed by atoms with Crippen molar-refractivity contribution in [1.82, 2.24) is 15.2 Å². The maximum atomic E-state index is 12.1. The van der Waals surface area contributed by atoms with Gasteiger partial charge in [-0.1, -0.05) is 96.2 Å². The number of amides is 2. The molecule has 242 valence electrons. The van der Waals surface area contributed by atoms with Gasteiger partial charge in [-0.2, -0.15) is 0 Å². The number of hydrazine groups is 1. The minimum absolute atomic E-state index is 0.0410. The fraction of sp³-hybridized carbons (Fsp3) is 0.600. The standard InChI is InChI=1S/C16H19NOS.C15H29N3O2.C4H10/c1-4-5-10-19-16(13(2)3)15-8-6-14(7-9-15)11-17-12-18;1-4-5-14(12(2)3)9-18(16)10-15(20)17-7-6-13(8-17)11-19;1-4(2)3/h6-9,12H,4,11H2,1-3H3,(H,17,18);9,12-13,19H,4-8,10-11,16H2,1-3H3;4H,1-3H3/b;14-9+;. The van der Waals surface area contributed by atoms with Crippen molar-refractivity contribution in [2.75, 3.05) is 26.2 Å². The van der Waals surface area contributed by atoms with Crippen molar-refractivity contribution in [2.24, 2.45) is 23.6 Å². The fourth-order valence-corrected chi connectivity index (χ4v) is 4.83. The average Bonchev–Trinajstić information content (AvgIpc) is 3.44. The van der Waals surface area contributed by atoms with Gasteiger partial charge < -0.3 is 20.3 Å². The molecule has 1 heterocycles. The maximum Gasteiger partial charge on any atom is 0.243 e. The Kier molecular flexibility index (Phi) is 22.2. The summed E-state index contributed by atoms with van der Waals surface area (Å²) in [7, 11) is 0. The van der Waals surface area contributed by atoms with E-state index in [1.54, 1.807) is 16.7 Å². The van der Waals surface area contributed by atoms with Crippen LogP contribution in [0.25, 0.3) is 4.91 Å². The highest BCUT2D eigenvalue weighted by molar-refractivity contribution is 8.12. The van der Waals surface area contributed by atoms with E-state index in [2.05, 4.69) is 84.0 Å². The number of likely N-dealkylation sites (tertiary alicyclic amines) is 1. The summed E-state index contributed by atoms with van der Waals surface area (Å²) in [4.78, 5) is 25.4. The molecule has 1 unspecified atom stereocenters. The zero-order chi connectivity index (χ0) is 32.8. The van der Waals surface area contributed by atoms with Crippen molar-refractivity contribution in [2.45, 2.75) is 94.5 Å². The number of nitrogens with two attached hydrogens (primary N) is 1. The number of aliphatic hydroxyl groups excluding tert-OH is 1. The third-order valence-corrected chi connectivity index (χ3v) is 7.38. The number of rotatable bonds is 12. The number of thioether (sulfide) groups is 1. The number of nitrogens with one attached hydrogen (secondary N) is 1. The molecular formula is C35H58N4O3S. The van der Waals surface area contributed by atoms with Gasteiger partial charge in [0, 0.05) is 49.7 Å². The van der Waals surface area contributed by atoms with E-state index >= 15 is 0 Å². The van der Waals surface area contributed by atoms with Crippen LogP contribution in [0.3, 0.4) is 0 Å². The Balaban J connectivity index is 0.000000730. The Morgan fingerprint density at radius 1 is 1.19 bits per heavy atom. The van der Waals surface area contributed by atoms with E-state index < -0.39 is 0 Å². The second-order valence-corrected chi connectivity index (χ2v) is 12.8. The van der Waals surface area contributed by atoms with Crippen LogP contribution in [0.4, 0.5) is 0 Å². The molecule has 0 bridgehead atoms. The van der Waals surface area contributed by atoms with Crippen molar-refractivity contribution in [3.63, 3.8) is 0 Å². The van der Waals surface area contributed by atoms with Crippen LogP contribution in [0, 0.1) is 28.9 Å². The van der Waals surface area contributed by atoms with Gasteiger partial charge in [0.15, 0.2) is 0 Å². The summed E-state index contributed by atoms with van der Waals surface area (Å²) in [5.41, 5.74) is 4.80. The smallest absolute Gasteiger partial charge is 0.243 e. The van der Waals surface area contributed by atoms with Gasteiger partial charge >= 0.3 is 0 Å². The van der Waals surface area contributed by atoms with E-state index in [0.717, 1.165) is 43.7 Å². The van der Waals surface area contributed by atoms with Crippen LogP contribution in [0.15, 0.2) is 41.6 Å². The van der Waals surface area contributed by atoms with Crippen LogP contribution in [0.5, 0.6) is 0 Å². The first-order valence-electron chi connectivity index (χ1n) is 15.6. The molecular weight excluding hydrogens is 556 g/mol. The van der Waals surface area contributed by atoms with Crippen LogP contribution in [-0.2, 0) is 16.1 Å². The van der Waals surface area contributed by atoms with Crippen molar-refractivity contribution < 1.29 is 14.7 Å². The third kappa shape index (κ3) is 18.5. The second kappa shape index (κ2) is 23.7. The molecule has 1 saturated heterocycles. The SMILES string of the molecule is CC(C)C.CCC#CSC(=C(C)C)c1ccc(CNC=O)cc1.CCC/C(=C\N(N)CC(=O)N1CCC(CO)C1)C(C)C. The minimum atomic E-state index is 0.0410. The Bertz CT molecular complexity index is 1050. The number of aliphatic hydroxyl groups is 1. The number of benzene rings is 1. The maximum absolute atomic E-state index is 12.1. The first-order valence-corrected chi connectivity index (χ1v) is 16.4. The van der Waals surface area contributed by atoms with Gasteiger partial charge in [-0.25, -0.2) is 5.84 Å². The van der Waals surface area contributed by atoms with Gasteiger partial charge in [0.25, 0.3) is 0 Å². The molecule has 4 N–H and O–H groups in total. The van der Waals surface area contributed by atoms with Gasteiger partial charge in [0.05, 0.1) is 0 Å². The second-order valence-electron chi connectivity index (χ2n) is 11.9. The third-order valence-electron chi connectivity index (χ3n) is 6.29. The van der Waals surface area contributed by atoms with E-state index in [4.69, 9.17) is 10.9 Å². The summed E-state index contributed by atoms with van der Waals surface area (Å²) < 4.78 is 0. The van der Waals surface area contributed by atoms with Gasteiger partial charge in [0.2, 0.25) is 12.3 Å². The molecule has 0 saturated carbocycles. The predicted octanol–water partition coefficient (Wildman–Crippen LogP) is 6.79. The first-order chi connectivity index (χ1) is 20.4.